The summed E-state index contributed by atoms with van der Waals surface area (Å²) in [6, 6.07) is 3.78. The van der Waals surface area contributed by atoms with Gasteiger partial charge < -0.3 is 14.2 Å². The molecule has 0 saturated heterocycles. The van der Waals surface area contributed by atoms with Gasteiger partial charge in [0.15, 0.2) is 0 Å². The maximum atomic E-state index is 5.48. The normalized spacial score (nSPS) is 9.90. The fourth-order valence-corrected chi connectivity index (χ4v) is 1.54. The molecule has 0 radical (unpaired) electrons. The molecule has 0 bridgehead atoms. The lowest BCUT2D eigenvalue weighted by Gasteiger charge is -2.04. The molecule has 0 fully saturated rings. The van der Waals surface area contributed by atoms with Gasteiger partial charge in [0.1, 0.15) is 0 Å². The topological polar surface area (TPSA) is 40.6 Å². The van der Waals surface area contributed by atoms with E-state index in [2.05, 4.69) is 16.8 Å². The monoisotopic (exact) mass is 277 g/mol. The molecule has 0 atom stereocenters. The molecule has 0 aliphatic rings. The molecule has 4 nitrogen and oxygen atoms in total. The molecular formula is C16H23NO3. The SMILES string of the molecule is COCCCCC#Cc1ccc(OCCCOC)nc1. The molecule has 0 aliphatic heterocycles. The zero-order chi connectivity index (χ0) is 14.5. The summed E-state index contributed by atoms with van der Waals surface area (Å²) in [5.74, 6) is 6.86. The van der Waals surface area contributed by atoms with E-state index in [4.69, 9.17) is 14.2 Å². The molecular weight excluding hydrogens is 254 g/mol. The summed E-state index contributed by atoms with van der Waals surface area (Å²) in [6.07, 6.45) is 5.61. The molecule has 0 amide bonds. The highest BCUT2D eigenvalue weighted by atomic mass is 16.5. The number of pyridine rings is 1. The van der Waals surface area contributed by atoms with Crippen LogP contribution in [0.1, 0.15) is 31.2 Å². The molecule has 1 aromatic rings. The summed E-state index contributed by atoms with van der Waals surface area (Å²) < 4.78 is 15.4. The minimum absolute atomic E-state index is 0.616. The second-order valence-electron chi connectivity index (χ2n) is 4.33. The molecule has 0 saturated carbocycles. The molecule has 0 spiro atoms. The van der Waals surface area contributed by atoms with Gasteiger partial charge >= 0.3 is 0 Å². The van der Waals surface area contributed by atoms with Crippen LogP contribution in [-0.4, -0.2) is 39.0 Å². The molecule has 1 aromatic heterocycles. The van der Waals surface area contributed by atoms with Crippen molar-refractivity contribution in [1.82, 2.24) is 4.98 Å². The predicted molar refractivity (Wildman–Crippen MR) is 78.8 cm³/mol. The van der Waals surface area contributed by atoms with Crippen LogP contribution in [0.3, 0.4) is 0 Å². The molecule has 0 aliphatic carbocycles. The third-order valence-electron chi connectivity index (χ3n) is 2.61. The van der Waals surface area contributed by atoms with Crippen molar-refractivity contribution in [3.63, 3.8) is 0 Å². The third-order valence-corrected chi connectivity index (χ3v) is 2.61. The summed E-state index contributed by atoms with van der Waals surface area (Å²) in [5, 5.41) is 0. The number of nitrogens with zero attached hydrogens (tertiary/aromatic N) is 1. The first-order valence-corrected chi connectivity index (χ1v) is 6.92. The summed E-state index contributed by atoms with van der Waals surface area (Å²) in [4.78, 5) is 4.22. The van der Waals surface area contributed by atoms with Crippen molar-refractivity contribution in [3.8, 4) is 17.7 Å². The van der Waals surface area contributed by atoms with Crippen molar-refractivity contribution in [2.24, 2.45) is 0 Å². The zero-order valence-electron chi connectivity index (χ0n) is 12.4. The number of hydrogen-bond donors (Lipinski definition) is 0. The van der Waals surface area contributed by atoms with E-state index in [-0.39, 0.29) is 0 Å². The van der Waals surface area contributed by atoms with Crippen LogP contribution in [0.5, 0.6) is 5.88 Å². The van der Waals surface area contributed by atoms with Crippen LogP contribution < -0.4 is 4.74 Å². The first kappa shape index (κ1) is 16.5. The van der Waals surface area contributed by atoms with E-state index in [9.17, 15) is 0 Å². The van der Waals surface area contributed by atoms with Gasteiger partial charge in [0.05, 0.1) is 6.61 Å². The van der Waals surface area contributed by atoms with Gasteiger partial charge in [0.25, 0.3) is 0 Å². The van der Waals surface area contributed by atoms with Crippen LogP contribution in [0.25, 0.3) is 0 Å². The Bertz CT molecular complexity index is 406. The lowest BCUT2D eigenvalue weighted by molar-refractivity contribution is 0.170. The highest BCUT2D eigenvalue weighted by Gasteiger charge is 1.95. The van der Waals surface area contributed by atoms with E-state index in [1.54, 1.807) is 20.4 Å². The number of unbranched alkanes of at least 4 members (excludes halogenated alkanes) is 2. The lowest BCUT2D eigenvalue weighted by Crippen LogP contribution is -2.02. The van der Waals surface area contributed by atoms with E-state index in [1.807, 2.05) is 12.1 Å². The van der Waals surface area contributed by atoms with Crippen LogP contribution in [-0.2, 0) is 9.47 Å². The Balaban J connectivity index is 2.26. The summed E-state index contributed by atoms with van der Waals surface area (Å²) in [6.45, 7) is 2.12. The van der Waals surface area contributed by atoms with Gasteiger partial charge in [-0.25, -0.2) is 4.98 Å². The fourth-order valence-electron chi connectivity index (χ4n) is 1.54. The Labute approximate surface area is 121 Å². The number of aromatic nitrogens is 1. The van der Waals surface area contributed by atoms with Crippen LogP contribution in [0, 0.1) is 11.8 Å². The van der Waals surface area contributed by atoms with Gasteiger partial charge in [-0.05, 0) is 18.9 Å². The quantitative estimate of drug-likeness (QED) is 0.514. The summed E-state index contributed by atoms with van der Waals surface area (Å²) in [5.41, 5.74) is 0.918. The van der Waals surface area contributed by atoms with Crippen LogP contribution in [0.4, 0.5) is 0 Å². The van der Waals surface area contributed by atoms with Crippen LogP contribution in [0.15, 0.2) is 18.3 Å². The molecule has 0 N–H and O–H groups in total. The van der Waals surface area contributed by atoms with Gasteiger partial charge in [-0.2, -0.15) is 0 Å². The average Bonchev–Trinajstić information content (AvgIpc) is 2.49. The Morgan fingerprint density at radius 1 is 1.00 bits per heavy atom. The van der Waals surface area contributed by atoms with E-state index in [1.165, 1.54) is 0 Å². The highest BCUT2D eigenvalue weighted by molar-refractivity contribution is 5.33. The van der Waals surface area contributed by atoms with E-state index in [0.29, 0.717) is 19.1 Å². The molecule has 4 heteroatoms. The van der Waals surface area contributed by atoms with E-state index < -0.39 is 0 Å². The van der Waals surface area contributed by atoms with Gasteiger partial charge in [0.2, 0.25) is 5.88 Å². The Morgan fingerprint density at radius 3 is 2.50 bits per heavy atom. The van der Waals surface area contributed by atoms with Crippen molar-refractivity contribution < 1.29 is 14.2 Å². The Morgan fingerprint density at radius 2 is 1.80 bits per heavy atom. The number of rotatable bonds is 9. The molecule has 110 valence electrons. The van der Waals surface area contributed by atoms with Crippen LogP contribution in [0.2, 0.25) is 0 Å². The van der Waals surface area contributed by atoms with Gasteiger partial charge in [-0.1, -0.05) is 11.8 Å². The largest absolute Gasteiger partial charge is 0.478 e. The second kappa shape index (κ2) is 11.3. The Kier molecular flexibility index (Phi) is 9.29. The molecule has 20 heavy (non-hydrogen) atoms. The molecule has 1 rings (SSSR count). The van der Waals surface area contributed by atoms with Crippen molar-refractivity contribution in [2.75, 3.05) is 34.0 Å². The highest BCUT2D eigenvalue weighted by Crippen LogP contribution is 2.07. The Hall–Kier alpha value is -1.57. The average molecular weight is 277 g/mol. The lowest BCUT2D eigenvalue weighted by atomic mass is 10.2. The molecule has 1 heterocycles. The van der Waals surface area contributed by atoms with Gasteiger partial charge in [-0.15, -0.1) is 0 Å². The number of methoxy groups -OCH3 is 2. The second-order valence-corrected chi connectivity index (χ2v) is 4.33. The van der Waals surface area contributed by atoms with E-state index >= 15 is 0 Å². The first-order valence-electron chi connectivity index (χ1n) is 6.92. The maximum Gasteiger partial charge on any atom is 0.213 e. The van der Waals surface area contributed by atoms with Gasteiger partial charge in [-0.3, -0.25) is 0 Å². The fraction of sp³-hybridized carbons (Fsp3) is 0.562. The standard InChI is InChI=1S/C16H23NO3/c1-18-11-6-4-3-5-8-15-9-10-16(17-14-15)20-13-7-12-19-2/h9-10,14H,3-4,6-7,11-13H2,1-2H3. The molecule has 0 unspecified atom stereocenters. The maximum absolute atomic E-state index is 5.48. The smallest absolute Gasteiger partial charge is 0.213 e. The minimum Gasteiger partial charge on any atom is -0.478 e. The van der Waals surface area contributed by atoms with Crippen molar-refractivity contribution >= 4 is 0 Å². The minimum atomic E-state index is 0.616. The predicted octanol–water partition coefficient (Wildman–Crippen LogP) is 2.67. The van der Waals surface area contributed by atoms with Crippen molar-refractivity contribution in [2.45, 2.75) is 25.7 Å². The van der Waals surface area contributed by atoms with Crippen LogP contribution >= 0.6 is 0 Å². The number of ether oxygens (including phenoxy) is 3. The van der Waals surface area contributed by atoms with E-state index in [0.717, 1.165) is 37.9 Å². The zero-order valence-corrected chi connectivity index (χ0v) is 12.4. The van der Waals surface area contributed by atoms with Gasteiger partial charge in [0, 0.05) is 58.1 Å². The first-order chi connectivity index (χ1) is 9.86. The molecule has 0 aromatic carbocycles. The van der Waals surface area contributed by atoms with Crippen molar-refractivity contribution in [1.29, 1.82) is 0 Å². The summed E-state index contributed by atoms with van der Waals surface area (Å²) in [7, 11) is 3.40. The number of hydrogen-bond acceptors (Lipinski definition) is 4. The van der Waals surface area contributed by atoms with Crippen molar-refractivity contribution in [3.05, 3.63) is 23.9 Å². The summed E-state index contributed by atoms with van der Waals surface area (Å²) >= 11 is 0. The third kappa shape index (κ3) is 7.78.